The Morgan fingerprint density at radius 2 is 1.69 bits per heavy atom. The zero-order valence-corrected chi connectivity index (χ0v) is 17.4. The van der Waals surface area contributed by atoms with Gasteiger partial charge in [0.1, 0.15) is 18.2 Å². The molecule has 1 aliphatic heterocycles. The maximum absolute atomic E-state index is 5.91. The predicted molar refractivity (Wildman–Crippen MR) is 120 cm³/mol. The molecule has 5 heteroatoms. The molecule has 4 aromatic rings. The van der Waals surface area contributed by atoms with Crippen LogP contribution < -0.4 is 10.1 Å². The fourth-order valence-corrected chi connectivity index (χ4v) is 3.89. The Hall–Kier alpha value is -3.05. The Morgan fingerprint density at radius 1 is 0.931 bits per heavy atom. The van der Waals surface area contributed by atoms with Crippen LogP contribution in [0.2, 0.25) is 0 Å². The van der Waals surface area contributed by atoms with E-state index in [-0.39, 0.29) is 0 Å². The van der Waals surface area contributed by atoms with Gasteiger partial charge in [0.15, 0.2) is 0 Å². The van der Waals surface area contributed by atoms with Crippen molar-refractivity contribution in [3.8, 4) is 22.7 Å². The Balaban J connectivity index is 1.41. The van der Waals surface area contributed by atoms with E-state index in [1.807, 2.05) is 35.0 Å². The van der Waals surface area contributed by atoms with Crippen LogP contribution in [0.15, 0.2) is 83.3 Å². The first-order valence-electron chi connectivity index (χ1n) is 9.67. The van der Waals surface area contributed by atoms with Crippen LogP contribution in [0.4, 0.5) is 5.82 Å². The molecule has 2 heterocycles. The van der Waals surface area contributed by atoms with E-state index in [0.29, 0.717) is 6.61 Å². The number of hydrogen-bond donors (Lipinski definition) is 1. The minimum absolute atomic E-state index is 0.562. The number of aromatic nitrogens is 2. The van der Waals surface area contributed by atoms with E-state index in [1.165, 1.54) is 5.56 Å². The summed E-state index contributed by atoms with van der Waals surface area (Å²) in [6.45, 7) is 1.50. The molecule has 3 aromatic carbocycles. The number of hydrogen-bond acceptors (Lipinski definition) is 3. The Kier molecular flexibility index (Phi) is 4.82. The van der Waals surface area contributed by atoms with E-state index in [1.54, 1.807) is 0 Å². The predicted octanol–water partition coefficient (Wildman–Crippen LogP) is 5.85. The van der Waals surface area contributed by atoms with Crippen LogP contribution in [0.25, 0.3) is 16.9 Å². The number of rotatable bonds is 5. The van der Waals surface area contributed by atoms with E-state index in [2.05, 4.69) is 69.8 Å². The fraction of sp³-hybridized carbons (Fsp3) is 0.125. The van der Waals surface area contributed by atoms with E-state index < -0.39 is 0 Å². The van der Waals surface area contributed by atoms with Crippen LogP contribution in [-0.2, 0) is 13.0 Å². The molecule has 1 aliphatic rings. The van der Waals surface area contributed by atoms with Crippen molar-refractivity contribution < 1.29 is 4.74 Å². The van der Waals surface area contributed by atoms with Crippen LogP contribution in [0.3, 0.4) is 0 Å². The van der Waals surface area contributed by atoms with E-state index >= 15 is 0 Å². The number of halogens is 1. The summed E-state index contributed by atoms with van der Waals surface area (Å²) in [5, 5.41) is 8.41. The highest BCUT2D eigenvalue weighted by Gasteiger charge is 2.23. The summed E-state index contributed by atoms with van der Waals surface area (Å²) in [5.41, 5.74) is 5.63. The van der Waals surface area contributed by atoms with Crippen LogP contribution in [0, 0.1) is 0 Å². The summed E-state index contributed by atoms with van der Waals surface area (Å²) in [6.07, 6.45) is 0.985. The molecule has 0 spiro atoms. The molecule has 29 heavy (non-hydrogen) atoms. The maximum atomic E-state index is 5.91. The quantitative estimate of drug-likeness (QED) is 0.418. The average molecular weight is 446 g/mol. The molecule has 0 aliphatic carbocycles. The minimum Gasteiger partial charge on any atom is -0.489 e. The number of benzene rings is 3. The molecule has 1 N–H and O–H groups in total. The summed E-state index contributed by atoms with van der Waals surface area (Å²) in [5.74, 6) is 1.93. The summed E-state index contributed by atoms with van der Waals surface area (Å²) in [4.78, 5) is 0. The van der Waals surface area contributed by atoms with Crippen molar-refractivity contribution in [2.24, 2.45) is 0 Å². The molecule has 1 aromatic heterocycles. The largest absolute Gasteiger partial charge is 0.489 e. The van der Waals surface area contributed by atoms with Crippen molar-refractivity contribution >= 4 is 21.7 Å². The number of anilines is 1. The average Bonchev–Trinajstić information content (AvgIpc) is 3.37. The molecular formula is C24H20BrN3O. The van der Waals surface area contributed by atoms with Crippen LogP contribution in [-0.4, -0.2) is 16.3 Å². The molecule has 0 bridgehead atoms. The third-order valence-electron chi connectivity index (χ3n) is 5.10. The van der Waals surface area contributed by atoms with Crippen LogP contribution in [0.5, 0.6) is 5.75 Å². The number of ether oxygens (including phenoxy) is 1. The van der Waals surface area contributed by atoms with Crippen molar-refractivity contribution in [1.29, 1.82) is 0 Å². The highest BCUT2D eigenvalue weighted by Crippen LogP contribution is 2.35. The van der Waals surface area contributed by atoms with Gasteiger partial charge in [0, 0.05) is 22.1 Å². The van der Waals surface area contributed by atoms with Crippen molar-refractivity contribution in [3.63, 3.8) is 0 Å². The van der Waals surface area contributed by atoms with Crippen molar-refractivity contribution in [3.05, 3.63) is 94.5 Å². The molecule has 0 radical (unpaired) electrons. The first-order valence-corrected chi connectivity index (χ1v) is 10.5. The smallest absolute Gasteiger partial charge is 0.133 e. The summed E-state index contributed by atoms with van der Waals surface area (Å²) in [7, 11) is 0. The van der Waals surface area contributed by atoms with Crippen LogP contribution >= 0.6 is 15.9 Å². The third-order valence-corrected chi connectivity index (χ3v) is 5.63. The summed E-state index contributed by atoms with van der Waals surface area (Å²) in [6, 6.07) is 26.6. The van der Waals surface area contributed by atoms with Gasteiger partial charge in [0.2, 0.25) is 0 Å². The SMILES string of the molecule is Brc1ccc(-c2nn(-c3ccc(OCc4ccccc4)cc3)c3c2CCN3)cc1. The second-order valence-corrected chi connectivity index (χ2v) is 7.96. The lowest BCUT2D eigenvalue weighted by atomic mass is 10.1. The van der Waals surface area contributed by atoms with Gasteiger partial charge in [0.25, 0.3) is 0 Å². The first-order chi connectivity index (χ1) is 14.3. The lowest BCUT2D eigenvalue weighted by molar-refractivity contribution is 0.306. The van der Waals surface area contributed by atoms with Gasteiger partial charge in [-0.15, -0.1) is 0 Å². The minimum atomic E-state index is 0.562. The van der Waals surface area contributed by atoms with Gasteiger partial charge in [-0.2, -0.15) is 5.10 Å². The van der Waals surface area contributed by atoms with Gasteiger partial charge in [-0.1, -0.05) is 58.4 Å². The first kappa shape index (κ1) is 18.0. The van der Waals surface area contributed by atoms with Gasteiger partial charge in [-0.25, -0.2) is 4.68 Å². The van der Waals surface area contributed by atoms with Gasteiger partial charge in [0.05, 0.1) is 11.4 Å². The summed E-state index contributed by atoms with van der Waals surface area (Å²) < 4.78 is 8.98. The Morgan fingerprint density at radius 3 is 2.45 bits per heavy atom. The molecule has 0 atom stereocenters. The van der Waals surface area contributed by atoms with Crippen LogP contribution in [0.1, 0.15) is 11.1 Å². The van der Waals surface area contributed by atoms with E-state index in [0.717, 1.165) is 51.5 Å². The zero-order chi connectivity index (χ0) is 19.6. The number of nitrogens with zero attached hydrogens (tertiary/aromatic N) is 2. The number of fused-ring (bicyclic) bond motifs is 1. The van der Waals surface area contributed by atoms with Crippen molar-refractivity contribution in [2.75, 3.05) is 11.9 Å². The molecule has 0 amide bonds. The van der Waals surface area contributed by atoms with Gasteiger partial charge < -0.3 is 10.1 Å². The second kappa shape index (κ2) is 7.76. The summed E-state index contributed by atoms with van der Waals surface area (Å²) >= 11 is 3.51. The standard InChI is InChI=1S/C24H20BrN3O/c25-19-8-6-18(7-9-19)23-22-14-15-26-24(22)28(27-23)20-10-12-21(13-11-20)29-16-17-4-2-1-3-5-17/h1-13,26H,14-16H2. The Bertz CT molecular complexity index is 1120. The lowest BCUT2D eigenvalue weighted by Crippen LogP contribution is -2.04. The topological polar surface area (TPSA) is 39.1 Å². The van der Waals surface area contributed by atoms with Gasteiger partial charge in [-0.3, -0.25) is 0 Å². The van der Waals surface area contributed by atoms with Crippen molar-refractivity contribution in [1.82, 2.24) is 9.78 Å². The monoisotopic (exact) mass is 445 g/mol. The molecular weight excluding hydrogens is 426 g/mol. The Labute approximate surface area is 178 Å². The molecule has 4 nitrogen and oxygen atoms in total. The molecule has 0 saturated carbocycles. The maximum Gasteiger partial charge on any atom is 0.133 e. The molecule has 144 valence electrons. The van der Waals surface area contributed by atoms with E-state index in [9.17, 15) is 0 Å². The molecule has 5 rings (SSSR count). The molecule has 0 saturated heterocycles. The normalized spacial score (nSPS) is 12.4. The van der Waals surface area contributed by atoms with Gasteiger partial charge in [-0.05, 0) is 48.4 Å². The number of nitrogens with one attached hydrogen (secondary N) is 1. The zero-order valence-electron chi connectivity index (χ0n) is 15.8. The molecule has 0 fully saturated rings. The molecule has 0 unspecified atom stereocenters. The fourth-order valence-electron chi connectivity index (χ4n) is 3.63. The van der Waals surface area contributed by atoms with E-state index in [4.69, 9.17) is 9.84 Å². The highest BCUT2D eigenvalue weighted by molar-refractivity contribution is 9.10. The highest BCUT2D eigenvalue weighted by atomic mass is 79.9. The third kappa shape index (κ3) is 3.66. The van der Waals surface area contributed by atoms with Gasteiger partial charge >= 0.3 is 0 Å². The lowest BCUT2D eigenvalue weighted by Gasteiger charge is -2.09. The van der Waals surface area contributed by atoms with Crippen molar-refractivity contribution in [2.45, 2.75) is 13.0 Å². The second-order valence-electron chi connectivity index (χ2n) is 7.04.